The SMILES string of the molecule is COc1ccc(COc2ccc(C(=O)C(=O)N3CCNCC3)c(Cl)c2OCc2ccc(OC)cc2)cc1. The molecular formula is C28H29ClN2O6. The number of nitrogens with zero attached hydrogens (tertiary/aromatic N) is 1. The fourth-order valence-electron chi connectivity index (χ4n) is 3.85. The number of hydrogen-bond donors (Lipinski definition) is 1. The zero-order chi connectivity index (χ0) is 26.2. The van der Waals surface area contributed by atoms with Crippen LogP contribution in [0.2, 0.25) is 5.02 Å². The van der Waals surface area contributed by atoms with Crippen molar-refractivity contribution in [3.8, 4) is 23.0 Å². The largest absolute Gasteiger partial charge is 0.497 e. The highest BCUT2D eigenvalue weighted by Crippen LogP contribution is 2.39. The Morgan fingerprint density at radius 1 is 0.811 bits per heavy atom. The van der Waals surface area contributed by atoms with E-state index < -0.39 is 11.7 Å². The summed E-state index contributed by atoms with van der Waals surface area (Å²) >= 11 is 6.68. The molecule has 1 amide bonds. The molecule has 1 aliphatic heterocycles. The van der Waals surface area contributed by atoms with Gasteiger partial charge in [0, 0.05) is 26.2 Å². The molecule has 37 heavy (non-hydrogen) atoms. The number of carbonyl (C=O) groups excluding carboxylic acids is 2. The van der Waals surface area contributed by atoms with E-state index in [1.165, 1.54) is 11.0 Å². The monoisotopic (exact) mass is 524 g/mol. The van der Waals surface area contributed by atoms with Gasteiger partial charge in [-0.15, -0.1) is 0 Å². The lowest BCUT2D eigenvalue weighted by molar-refractivity contribution is -0.127. The van der Waals surface area contributed by atoms with E-state index in [1.807, 2.05) is 48.5 Å². The van der Waals surface area contributed by atoms with Crippen LogP contribution in [0.4, 0.5) is 0 Å². The Morgan fingerprint density at radius 2 is 1.35 bits per heavy atom. The van der Waals surface area contributed by atoms with E-state index in [2.05, 4.69) is 5.32 Å². The molecule has 0 atom stereocenters. The Hall–Kier alpha value is -3.75. The van der Waals surface area contributed by atoms with Crippen LogP contribution in [0.3, 0.4) is 0 Å². The number of halogens is 1. The summed E-state index contributed by atoms with van der Waals surface area (Å²) in [5, 5.41) is 3.20. The average molecular weight is 525 g/mol. The number of hydrogen-bond acceptors (Lipinski definition) is 7. The molecule has 0 saturated carbocycles. The van der Waals surface area contributed by atoms with Crippen molar-refractivity contribution in [3.05, 3.63) is 82.4 Å². The van der Waals surface area contributed by atoms with Crippen LogP contribution in [0.15, 0.2) is 60.7 Å². The van der Waals surface area contributed by atoms with Gasteiger partial charge >= 0.3 is 0 Å². The van der Waals surface area contributed by atoms with Crippen LogP contribution in [-0.4, -0.2) is 57.0 Å². The number of piperazine rings is 1. The first-order chi connectivity index (χ1) is 18.0. The molecule has 1 fully saturated rings. The van der Waals surface area contributed by atoms with Gasteiger partial charge in [-0.1, -0.05) is 35.9 Å². The van der Waals surface area contributed by atoms with E-state index in [0.717, 1.165) is 22.6 Å². The van der Waals surface area contributed by atoms with Crippen LogP contribution < -0.4 is 24.3 Å². The molecule has 0 bridgehead atoms. The van der Waals surface area contributed by atoms with E-state index in [1.54, 1.807) is 20.3 Å². The van der Waals surface area contributed by atoms with E-state index >= 15 is 0 Å². The minimum atomic E-state index is -0.678. The lowest BCUT2D eigenvalue weighted by Gasteiger charge is -2.27. The molecule has 1 saturated heterocycles. The fourth-order valence-corrected chi connectivity index (χ4v) is 4.15. The highest BCUT2D eigenvalue weighted by molar-refractivity contribution is 6.47. The quantitative estimate of drug-likeness (QED) is 0.315. The maximum atomic E-state index is 13.1. The first-order valence-electron chi connectivity index (χ1n) is 11.9. The number of amides is 1. The van der Waals surface area contributed by atoms with Crippen molar-refractivity contribution in [1.82, 2.24) is 10.2 Å². The number of ketones is 1. The number of carbonyl (C=O) groups is 2. The molecule has 3 aromatic carbocycles. The van der Waals surface area contributed by atoms with E-state index in [4.69, 9.17) is 30.5 Å². The van der Waals surface area contributed by atoms with Gasteiger partial charge in [-0.05, 0) is 47.5 Å². The van der Waals surface area contributed by atoms with Gasteiger partial charge in [-0.25, -0.2) is 0 Å². The highest BCUT2D eigenvalue weighted by Gasteiger charge is 2.28. The normalized spacial score (nSPS) is 13.1. The number of ether oxygens (including phenoxy) is 4. The lowest BCUT2D eigenvalue weighted by Crippen LogP contribution is -2.48. The molecule has 4 rings (SSSR count). The van der Waals surface area contributed by atoms with Crippen molar-refractivity contribution in [2.24, 2.45) is 0 Å². The number of nitrogens with one attached hydrogen (secondary N) is 1. The molecule has 3 aromatic rings. The molecule has 0 aromatic heterocycles. The average Bonchev–Trinajstić information content (AvgIpc) is 2.95. The van der Waals surface area contributed by atoms with Crippen LogP contribution in [0.25, 0.3) is 0 Å². The summed E-state index contributed by atoms with van der Waals surface area (Å²) < 4.78 is 22.5. The standard InChI is InChI=1S/C28H29ClN2O6/c1-34-21-7-3-19(4-8-21)17-36-24-12-11-23(26(32)28(33)31-15-13-30-14-16-31)25(29)27(24)37-18-20-5-9-22(35-2)10-6-20/h3-12,30H,13-18H2,1-2H3. The maximum Gasteiger partial charge on any atom is 0.295 e. The van der Waals surface area contributed by atoms with Gasteiger partial charge in [0.05, 0.1) is 24.8 Å². The summed E-state index contributed by atoms with van der Waals surface area (Å²) in [4.78, 5) is 27.5. The van der Waals surface area contributed by atoms with Crippen LogP contribution in [0, 0.1) is 0 Å². The molecule has 1 N–H and O–H groups in total. The Kier molecular flexibility index (Phi) is 8.87. The Morgan fingerprint density at radius 3 is 1.89 bits per heavy atom. The summed E-state index contributed by atoms with van der Waals surface area (Å²) in [5.74, 6) is 0.765. The molecule has 1 heterocycles. The van der Waals surface area contributed by atoms with Gasteiger partial charge in [0.2, 0.25) is 0 Å². The summed E-state index contributed by atoms with van der Waals surface area (Å²) in [6, 6.07) is 18.0. The molecule has 0 aliphatic carbocycles. The summed E-state index contributed by atoms with van der Waals surface area (Å²) in [7, 11) is 3.21. The highest BCUT2D eigenvalue weighted by atomic mass is 35.5. The van der Waals surface area contributed by atoms with Gasteiger partial charge < -0.3 is 29.2 Å². The van der Waals surface area contributed by atoms with Crippen molar-refractivity contribution in [3.63, 3.8) is 0 Å². The number of methoxy groups -OCH3 is 2. The molecule has 1 aliphatic rings. The van der Waals surface area contributed by atoms with E-state index in [9.17, 15) is 9.59 Å². The zero-order valence-corrected chi connectivity index (χ0v) is 21.5. The first-order valence-corrected chi connectivity index (χ1v) is 12.3. The number of benzene rings is 3. The van der Waals surface area contributed by atoms with E-state index in [-0.39, 0.29) is 29.5 Å². The smallest absolute Gasteiger partial charge is 0.295 e. The zero-order valence-electron chi connectivity index (χ0n) is 20.8. The Labute approximate surface area is 221 Å². The third-order valence-corrected chi connectivity index (χ3v) is 6.37. The summed E-state index contributed by atoms with van der Waals surface area (Å²) in [5.41, 5.74) is 1.85. The van der Waals surface area contributed by atoms with Crippen LogP contribution in [-0.2, 0) is 18.0 Å². The van der Waals surface area contributed by atoms with Crippen LogP contribution >= 0.6 is 11.6 Å². The number of Topliss-reactive ketones (excluding diaryl/α,β-unsaturated/α-hetero) is 1. The third-order valence-electron chi connectivity index (χ3n) is 6.00. The minimum Gasteiger partial charge on any atom is -0.497 e. The predicted molar refractivity (Wildman–Crippen MR) is 140 cm³/mol. The molecule has 0 radical (unpaired) electrons. The third kappa shape index (κ3) is 6.53. The first kappa shape index (κ1) is 26.3. The molecule has 9 heteroatoms. The Balaban J connectivity index is 1.58. The van der Waals surface area contributed by atoms with Crippen molar-refractivity contribution >= 4 is 23.3 Å². The molecule has 0 unspecified atom stereocenters. The van der Waals surface area contributed by atoms with E-state index in [0.29, 0.717) is 31.9 Å². The number of rotatable bonds is 10. The maximum absolute atomic E-state index is 13.1. The second kappa shape index (κ2) is 12.5. The van der Waals surface area contributed by atoms with Crippen molar-refractivity contribution in [2.45, 2.75) is 13.2 Å². The van der Waals surface area contributed by atoms with Crippen molar-refractivity contribution in [2.75, 3.05) is 40.4 Å². The molecule has 194 valence electrons. The molecular weight excluding hydrogens is 496 g/mol. The predicted octanol–water partition coefficient (Wildman–Crippen LogP) is 4.13. The second-order valence-corrected chi connectivity index (χ2v) is 8.78. The minimum absolute atomic E-state index is 0.0363. The second-order valence-electron chi connectivity index (χ2n) is 8.40. The van der Waals surface area contributed by atoms with Crippen molar-refractivity contribution < 1.29 is 28.5 Å². The Bertz CT molecular complexity index is 1220. The summed E-state index contributed by atoms with van der Waals surface area (Å²) in [6.07, 6.45) is 0. The van der Waals surface area contributed by atoms with Crippen LogP contribution in [0.1, 0.15) is 21.5 Å². The van der Waals surface area contributed by atoms with Gasteiger partial charge in [0.15, 0.2) is 11.5 Å². The molecule has 0 spiro atoms. The lowest BCUT2D eigenvalue weighted by atomic mass is 10.1. The van der Waals surface area contributed by atoms with Crippen molar-refractivity contribution in [1.29, 1.82) is 0 Å². The molecule has 8 nitrogen and oxygen atoms in total. The summed E-state index contributed by atoms with van der Waals surface area (Å²) in [6.45, 7) is 2.62. The van der Waals surface area contributed by atoms with Gasteiger partial charge in [0.25, 0.3) is 11.7 Å². The van der Waals surface area contributed by atoms with Gasteiger partial charge in [-0.2, -0.15) is 0 Å². The van der Waals surface area contributed by atoms with Crippen LogP contribution in [0.5, 0.6) is 23.0 Å². The fraction of sp³-hybridized carbons (Fsp3) is 0.286. The topological polar surface area (TPSA) is 86.3 Å². The van der Waals surface area contributed by atoms with Gasteiger partial charge in [-0.3, -0.25) is 9.59 Å². The van der Waals surface area contributed by atoms with Gasteiger partial charge in [0.1, 0.15) is 24.7 Å².